The lowest BCUT2D eigenvalue weighted by molar-refractivity contribution is 0.272. The number of pyridine rings is 1. The van der Waals surface area contributed by atoms with Crippen LogP contribution in [0.2, 0.25) is 0 Å². The number of sulfonamides is 1. The number of hydrogen-bond donors (Lipinski definition) is 0. The molecule has 0 saturated carbocycles. The first-order valence-electron chi connectivity index (χ1n) is 8.54. The van der Waals surface area contributed by atoms with Crippen molar-refractivity contribution in [2.75, 3.05) is 20.2 Å². The van der Waals surface area contributed by atoms with Crippen LogP contribution in [0.1, 0.15) is 24.0 Å². The van der Waals surface area contributed by atoms with E-state index in [4.69, 9.17) is 4.74 Å². The minimum Gasteiger partial charge on any atom is -0.497 e. The molecule has 0 atom stereocenters. The zero-order valence-corrected chi connectivity index (χ0v) is 15.5. The number of methoxy groups -OCH3 is 1. The molecule has 0 aliphatic carbocycles. The normalized spacial score (nSPS) is 16.7. The highest BCUT2D eigenvalue weighted by molar-refractivity contribution is 7.89. The molecule has 0 unspecified atom stereocenters. The maximum absolute atomic E-state index is 12.9. The van der Waals surface area contributed by atoms with E-state index in [0.29, 0.717) is 29.7 Å². The Bertz CT molecular complexity index is 814. The summed E-state index contributed by atoms with van der Waals surface area (Å²) in [5, 5.41) is 0. The van der Waals surface area contributed by atoms with E-state index in [1.807, 2.05) is 19.2 Å². The Morgan fingerprint density at radius 2 is 2.00 bits per heavy atom. The predicted octanol–water partition coefficient (Wildman–Crippen LogP) is 3.04. The van der Waals surface area contributed by atoms with Gasteiger partial charge in [0.2, 0.25) is 10.0 Å². The molecule has 25 heavy (non-hydrogen) atoms. The monoisotopic (exact) mass is 360 g/mol. The molecular weight excluding hydrogens is 336 g/mol. The van der Waals surface area contributed by atoms with Gasteiger partial charge in [-0.05, 0) is 67.5 Å². The van der Waals surface area contributed by atoms with Crippen molar-refractivity contribution in [3.63, 3.8) is 0 Å². The van der Waals surface area contributed by atoms with Crippen LogP contribution in [0.25, 0.3) is 0 Å². The van der Waals surface area contributed by atoms with E-state index in [-0.39, 0.29) is 0 Å². The van der Waals surface area contributed by atoms with Crippen molar-refractivity contribution in [2.45, 2.75) is 31.1 Å². The lowest BCUT2D eigenvalue weighted by Crippen LogP contribution is -2.39. The fraction of sp³-hybridized carbons (Fsp3) is 0.421. The van der Waals surface area contributed by atoms with Crippen molar-refractivity contribution < 1.29 is 13.2 Å². The van der Waals surface area contributed by atoms with Gasteiger partial charge in [0.15, 0.2) is 0 Å². The zero-order valence-electron chi connectivity index (χ0n) is 14.7. The Morgan fingerprint density at radius 1 is 1.24 bits per heavy atom. The van der Waals surface area contributed by atoms with Crippen LogP contribution in [-0.4, -0.2) is 37.9 Å². The van der Waals surface area contributed by atoms with E-state index in [0.717, 1.165) is 24.8 Å². The van der Waals surface area contributed by atoms with E-state index in [2.05, 4.69) is 11.1 Å². The summed E-state index contributed by atoms with van der Waals surface area (Å²) in [6.07, 6.45) is 6.38. The van der Waals surface area contributed by atoms with E-state index < -0.39 is 10.0 Å². The maximum atomic E-state index is 12.9. The third-order valence-electron chi connectivity index (χ3n) is 4.82. The van der Waals surface area contributed by atoms with Crippen LogP contribution >= 0.6 is 0 Å². The van der Waals surface area contributed by atoms with Crippen molar-refractivity contribution in [1.29, 1.82) is 0 Å². The number of ether oxygens (including phenoxy) is 1. The van der Waals surface area contributed by atoms with Crippen LogP contribution in [0, 0.1) is 12.8 Å². The summed E-state index contributed by atoms with van der Waals surface area (Å²) in [6.45, 7) is 2.95. The molecule has 0 spiro atoms. The van der Waals surface area contributed by atoms with Gasteiger partial charge in [-0.3, -0.25) is 4.98 Å². The molecule has 134 valence electrons. The fourth-order valence-corrected chi connectivity index (χ4v) is 5.06. The molecule has 0 radical (unpaired) electrons. The molecule has 6 heteroatoms. The first-order valence-corrected chi connectivity index (χ1v) is 9.98. The number of benzene rings is 1. The predicted molar refractivity (Wildman–Crippen MR) is 97.2 cm³/mol. The van der Waals surface area contributed by atoms with Gasteiger partial charge >= 0.3 is 0 Å². The van der Waals surface area contributed by atoms with Crippen LogP contribution in [0.4, 0.5) is 0 Å². The van der Waals surface area contributed by atoms with Gasteiger partial charge < -0.3 is 4.74 Å². The summed E-state index contributed by atoms with van der Waals surface area (Å²) in [5.74, 6) is 1.18. The SMILES string of the molecule is COc1ccc(S(=O)(=O)N2CCC(Cc3cccnc3)CC2)c(C)c1. The van der Waals surface area contributed by atoms with E-state index in [1.165, 1.54) is 5.56 Å². The highest BCUT2D eigenvalue weighted by Crippen LogP contribution is 2.28. The second-order valence-electron chi connectivity index (χ2n) is 6.54. The second kappa shape index (κ2) is 7.54. The summed E-state index contributed by atoms with van der Waals surface area (Å²) in [5.41, 5.74) is 1.94. The smallest absolute Gasteiger partial charge is 0.243 e. The lowest BCUT2D eigenvalue weighted by Gasteiger charge is -2.31. The van der Waals surface area contributed by atoms with E-state index in [1.54, 1.807) is 35.8 Å². The summed E-state index contributed by atoms with van der Waals surface area (Å²) in [7, 11) is -1.87. The molecule has 5 nitrogen and oxygen atoms in total. The maximum Gasteiger partial charge on any atom is 0.243 e. The molecule has 1 aromatic carbocycles. The summed E-state index contributed by atoms with van der Waals surface area (Å²) < 4.78 is 32.7. The van der Waals surface area contributed by atoms with Crippen LogP contribution in [0.5, 0.6) is 5.75 Å². The van der Waals surface area contributed by atoms with Crippen LogP contribution in [0.15, 0.2) is 47.6 Å². The molecule has 1 aromatic heterocycles. The van der Waals surface area contributed by atoms with Gasteiger partial charge in [0, 0.05) is 25.5 Å². The van der Waals surface area contributed by atoms with Crippen LogP contribution < -0.4 is 4.74 Å². The van der Waals surface area contributed by atoms with Crippen LogP contribution in [-0.2, 0) is 16.4 Å². The molecule has 2 aromatic rings. The van der Waals surface area contributed by atoms with E-state index in [9.17, 15) is 8.42 Å². The number of aryl methyl sites for hydroxylation is 1. The van der Waals surface area contributed by atoms with Crippen molar-refractivity contribution in [3.8, 4) is 5.75 Å². The summed E-state index contributed by atoms with van der Waals surface area (Å²) in [4.78, 5) is 4.53. The Kier molecular flexibility index (Phi) is 5.39. The number of nitrogens with zero attached hydrogens (tertiary/aromatic N) is 2. The van der Waals surface area contributed by atoms with Crippen molar-refractivity contribution in [3.05, 3.63) is 53.9 Å². The molecule has 1 saturated heterocycles. The lowest BCUT2D eigenvalue weighted by atomic mass is 9.92. The first kappa shape index (κ1) is 17.9. The average molecular weight is 360 g/mol. The summed E-state index contributed by atoms with van der Waals surface area (Å²) >= 11 is 0. The van der Waals surface area contributed by atoms with Gasteiger partial charge in [0.1, 0.15) is 5.75 Å². The average Bonchev–Trinajstić information content (AvgIpc) is 2.62. The molecule has 3 rings (SSSR count). The number of hydrogen-bond acceptors (Lipinski definition) is 4. The van der Waals surface area contributed by atoms with Crippen molar-refractivity contribution >= 4 is 10.0 Å². The third-order valence-corrected chi connectivity index (χ3v) is 6.88. The van der Waals surface area contributed by atoms with Gasteiger partial charge in [-0.2, -0.15) is 4.31 Å². The third kappa shape index (κ3) is 4.02. The Morgan fingerprint density at radius 3 is 2.60 bits per heavy atom. The standard InChI is InChI=1S/C19H24N2O3S/c1-15-12-18(24-2)5-6-19(15)25(22,23)21-10-7-16(8-11-21)13-17-4-3-9-20-14-17/h3-6,9,12,14,16H,7-8,10-11,13H2,1-2H3. The van der Waals surface area contributed by atoms with Gasteiger partial charge in [-0.25, -0.2) is 8.42 Å². The molecule has 0 bridgehead atoms. The largest absolute Gasteiger partial charge is 0.497 e. The minimum absolute atomic E-state index is 0.374. The molecule has 0 N–H and O–H groups in total. The Labute approximate surface area is 149 Å². The quantitative estimate of drug-likeness (QED) is 0.822. The molecule has 0 amide bonds. The molecule has 1 aliphatic rings. The topological polar surface area (TPSA) is 59.5 Å². The minimum atomic E-state index is -3.45. The highest BCUT2D eigenvalue weighted by atomic mass is 32.2. The van der Waals surface area contributed by atoms with Gasteiger partial charge in [0.05, 0.1) is 12.0 Å². The Hall–Kier alpha value is -1.92. The van der Waals surface area contributed by atoms with Crippen molar-refractivity contribution in [2.24, 2.45) is 5.92 Å². The number of aromatic nitrogens is 1. The second-order valence-corrected chi connectivity index (χ2v) is 8.45. The first-order chi connectivity index (χ1) is 12.0. The van der Waals surface area contributed by atoms with Gasteiger partial charge in [-0.1, -0.05) is 6.07 Å². The van der Waals surface area contributed by atoms with Gasteiger partial charge in [0.25, 0.3) is 0 Å². The van der Waals surface area contributed by atoms with Crippen molar-refractivity contribution in [1.82, 2.24) is 9.29 Å². The molecule has 1 fully saturated rings. The van der Waals surface area contributed by atoms with E-state index >= 15 is 0 Å². The Balaban J connectivity index is 1.67. The zero-order chi connectivity index (χ0) is 17.9. The van der Waals surface area contributed by atoms with Crippen LogP contribution in [0.3, 0.4) is 0 Å². The number of rotatable bonds is 5. The molecule has 1 aliphatic heterocycles. The van der Waals surface area contributed by atoms with Gasteiger partial charge in [-0.15, -0.1) is 0 Å². The molecule has 2 heterocycles. The number of piperidine rings is 1. The highest BCUT2D eigenvalue weighted by Gasteiger charge is 2.30. The molecular formula is C19H24N2O3S. The summed E-state index contributed by atoms with van der Waals surface area (Å²) in [6, 6.07) is 9.14. The fourth-order valence-electron chi connectivity index (χ4n) is 3.38.